The molecule has 1 saturated heterocycles. The second kappa shape index (κ2) is 16.4. The number of fused-ring (bicyclic) bond motifs is 10. The average molecular weight is 715 g/mol. The number of likely N-dealkylation sites (tertiary alicyclic amines) is 1. The predicted octanol–water partition coefficient (Wildman–Crippen LogP) is 5.83. The summed E-state index contributed by atoms with van der Waals surface area (Å²) < 4.78 is 27.1. The van der Waals surface area contributed by atoms with Gasteiger partial charge in [-0.25, -0.2) is 14.2 Å². The summed E-state index contributed by atoms with van der Waals surface area (Å²) in [5.74, 6) is -1.56. The molecule has 274 valence electrons. The molecule has 1 fully saturated rings. The molecule has 0 unspecified atom stereocenters. The first-order chi connectivity index (χ1) is 24.8. The average Bonchev–Trinajstić information content (AvgIpc) is 3.50. The largest absolute Gasteiger partial charge is 0.488 e. The molecule has 0 saturated carbocycles. The SMILES string of the molecule is CC(=O)O.Cc1cc2ccc1[C@@H](C)COC(=O)Nc1cc(F)c(OCCN3CCCC3=O)c(c1)CN(C)C(=O)[C@@H]2Nc1ccc2c(N)nccc2c1. The van der Waals surface area contributed by atoms with E-state index in [1.165, 1.54) is 4.90 Å². The van der Waals surface area contributed by atoms with Gasteiger partial charge in [0, 0.05) is 74.0 Å². The Morgan fingerprint density at radius 1 is 1.15 bits per heavy atom. The molecule has 14 heteroatoms. The zero-order chi connectivity index (χ0) is 37.5. The maximum Gasteiger partial charge on any atom is 0.411 e. The number of nitrogens with two attached hydrogens (primary N) is 1. The van der Waals surface area contributed by atoms with Crippen molar-refractivity contribution in [1.82, 2.24) is 14.8 Å². The van der Waals surface area contributed by atoms with Crippen LogP contribution in [0.4, 0.5) is 26.4 Å². The first-order valence-corrected chi connectivity index (χ1v) is 16.9. The Hall–Kier alpha value is -5.92. The van der Waals surface area contributed by atoms with Crippen molar-refractivity contribution in [2.45, 2.75) is 52.1 Å². The number of hydrogen-bond donors (Lipinski definition) is 4. The normalized spacial score (nSPS) is 17.7. The van der Waals surface area contributed by atoms with Gasteiger partial charge in [0.15, 0.2) is 11.6 Å². The zero-order valence-corrected chi connectivity index (χ0v) is 29.6. The fourth-order valence-corrected chi connectivity index (χ4v) is 6.37. The first kappa shape index (κ1) is 37.3. The maximum atomic E-state index is 15.7. The standard InChI is InChI=1S/C36H39FN6O5.C2H4O2/c1-21-15-24-6-8-28(21)22(2)20-48-36(46)41-27-17-25(33(30(37)18-27)47-14-13-43-12-4-5-31(43)44)19-42(3)35(45)32(24)40-26-7-9-29-23(16-26)10-11-39-34(29)38;1-2(3)4/h6-11,15-18,22,32,40H,4-5,12-14,19-20H2,1-3H3,(H2,38,39)(H,41,46);1H3,(H,3,4)/t22-,32+;/m0./s1. The second-order valence-corrected chi connectivity index (χ2v) is 12.9. The number of likely N-dealkylation sites (N-methyl/N-ethyl adjacent to an activating group) is 1. The number of aliphatic carboxylic acids is 1. The molecule has 3 aromatic carbocycles. The van der Waals surface area contributed by atoms with Crippen molar-refractivity contribution in [3.63, 3.8) is 0 Å². The van der Waals surface area contributed by atoms with E-state index in [9.17, 15) is 14.4 Å². The van der Waals surface area contributed by atoms with Crippen molar-refractivity contribution >= 4 is 51.8 Å². The number of carboxylic acid groups (broad SMARTS) is 1. The lowest BCUT2D eigenvalue weighted by Crippen LogP contribution is -2.35. The van der Waals surface area contributed by atoms with Gasteiger partial charge in [-0.2, -0.15) is 0 Å². The van der Waals surface area contributed by atoms with Crippen LogP contribution >= 0.6 is 0 Å². The van der Waals surface area contributed by atoms with Gasteiger partial charge in [-0.3, -0.25) is 19.7 Å². The Bertz CT molecular complexity index is 1990. The summed E-state index contributed by atoms with van der Waals surface area (Å²) in [4.78, 5) is 55.5. The third-order valence-corrected chi connectivity index (χ3v) is 8.91. The van der Waals surface area contributed by atoms with Crippen LogP contribution in [0.25, 0.3) is 10.8 Å². The third-order valence-electron chi connectivity index (χ3n) is 8.91. The number of carbonyl (C=O) groups is 4. The van der Waals surface area contributed by atoms with Gasteiger partial charge in [0.05, 0.1) is 13.2 Å². The third kappa shape index (κ3) is 9.05. The van der Waals surface area contributed by atoms with Gasteiger partial charge >= 0.3 is 6.09 Å². The highest BCUT2D eigenvalue weighted by Gasteiger charge is 2.28. The number of benzene rings is 3. The summed E-state index contributed by atoms with van der Waals surface area (Å²) in [6.45, 7) is 6.06. The van der Waals surface area contributed by atoms with Crippen LogP contribution in [0, 0.1) is 12.7 Å². The summed E-state index contributed by atoms with van der Waals surface area (Å²) in [7, 11) is 1.63. The fourth-order valence-electron chi connectivity index (χ4n) is 6.37. The summed E-state index contributed by atoms with van der Waals surface area (Å²) in [5.41, 5.74) is 9.91. The molecule has 52 heavy (non-hydrogen) atoms. The molecule has 7 rings (SSSR count). The summed E-state index contributed by atoms with van der Waals surface area (Å²) >= 11 is 0. The van der Waals surface area contributed by atoms with Crippen LogP contribution in [0.15, 0.2) is 60.8 Å². The van der Waals surface area contributed by atoms with Gasteiger partial charge in [0.2, 0.25) is 11.8 Å². The molecule has 0 spiro atoms. The predicted molar refractivity (Wildman–Crippen MR) is 195 cm³/mol. The molecular weight excluding hydrogens is 671 g/mol. The number of nitrogen functional groups attached to an aromatic ring is 1. The molecule has 3 aliphatic rings. The molecule has 5 N–H and O–H groups in total. The van der Waals surface area contributed by atoms with Gasteiger partial charge in [-0.1, -0.05) is 25.1 Å². The maximum absolute atomic E-state index is 15.7. The highest BCUT2D eigenvalue weighted by Crippen LogP contribution is 2.33. The molecule has 3 aliphatic heterocycles. The van der Waals surface area contributed by atoms with E-state index in [2.05, 4.69) is 15.6 Å². The molecule has 1 aromatic heterocycles. The number of carbonyl (C=O) groups excluding carboxylic acids is 3. The summed E-state index contributed by atoms with van der Waals surface area (Å²) in [6.07, 6.45) is 2.18. The Balaban J connectivity index is 0.00000124. The number of aryl methyl sites for hydroxylation is 1. The molecule has 2 atom stereocenters. The van der Waals surface area contributed by atoms with Gasteiger partial charge in [-0.05, 0) is 65.8 Å². The van der Waals surface area contributed by atoms with E-state index < -0.39 is 23.9 Å². The number of hydrogen-bond acceptors (Lipinski definition) is 9. The Morgan fingerprint density at radius 3 is 2.63 bits per heavy atom. The molecule has 13 nitrogen and oxygen atoms in total. The van der Waals surface area contributed by atoms with Gasteiger partial charge in [0.1, 0.15) is 18.5 Å². The highest BCUT2D eigenvalue weighted by atomic mass is 19.1. The van der Waals surface area contributed by atoms with E-state index in [0.29, 0.717) is 36.6 Å². The Kier molecular flexibility index (Phi) is 11.8. The minimum atomic E-state index is -0.833. The van der Waals surface area contributed by atoms with Crippen molar-refractivity contribution in [2.75, 3.05) is 49.7 Å². The topological polar surface area (TPSA) is 176 Å². The number of carboxylic acids is 1. The lowest BCUT2D eigenvalue weighted by atomic mass is 9.93. The second-order valence-electron chi connectivity index (χ2n) is 12.9. The van der Waals surface area contributed by atoms with Gasteiger partial charge < -0.3 is 35.4 Å². The number of aromatic nitrogens is 1. The zero-order valence-electron chi connectivity index (χ0n) is 29.6. The summed E-state index contributed by atoms with van der Waals surface area (Å²) in [6, 6.07) is 15.2. The van der Waals surface area contributed by atoms with Gasteiger partial charge in [0.25, 0.3) is 5.97 Å². The number of nitrogens with zero attached hydrogens (tertiary/aromatic N) is 3. The molecule has 0 radical (unpaired) electrons. The monoisotopic (exact) mass is 714 g/mol. The Morgan fingerprint density at radius 2 is 1.92 bits per heavy atom. The number of ether oxygens (including phenoxy) is 2. The van der Waals surface area contributed by atoms with Crippen LogP contribution in [0.2, 0.25) is 0 Å². The lowest BCUT2D eigenvalue weighted by molar-refractivity contribution is -0.134. The summed E-state index contributed by atoms with van der Waals surface area (Å²) in [5, 5.41) is 15.1. The van der Waals surface area contributed by atoms with Crippen LogP contribution in [-0.4, -0.2) is 77.1 Å². The number of pyridine rings is 1. The fraction of sp³-hybridized carbons (Fsp3) is 0.342. The van der Waals surface area contributed by atoms with E-state index in [-0.39, 0.29) is 48.9 Å². The Labute approximate surface area is 300 Å². The van der Waals surface area contributed by atoms with E-state index in [4.69, 9.17) is 25.1 Å². The number of rotatable bonds is 6. The minimum absolute atomic E-state index is 0.0372. The van der Waals surface area contributed by atoms with E-state index >= 15 is 4.39 Å². The van der Waals surface area contributed by atoms with Crippen molar-refractivity contribution < 1.29 is 38.1 Å². The molecular formula is C38H43FN6O7. The van der Waals surface area contributed by atoms with E-state index in [1.807, 2.05) is 56.3 Å². The molecule has 4 bridgehead atoms. The first-order valence-electron chi connectivity index (χ1n) is 16.9. The van der Waals surface area contributed by atoms with Crippen molar-refractivity contribution in [1.29, 1.82) is 0 Å². The smallest absolute Gasteiger partial charge is 0.411 e. The van der Waals surface area contributed by atoms with E-state index in [0.717, 1.165) is 46.9 Å². The van der Waals surface area contributed by atoms with Crippen LogP contribution < -0.4 is 21.1 Å². The molecule has 3 amide bonds. The highest BCUT2D eigenvalue weighted by molar-refractivity contribution is 5.94. The van der Waals surface area contributed by atoms with Crippen LogP contribution in [-0.2, 0) is 25.7 Å². The molecule has 0 aliphatic carbocycles. The number of amides is 3. The quantitative estimate of drug-likeness (QED) is 0.190. The number of halogens is 1. The van der Waals surface area contributed by atoms with Crippen molar-refractivity contribution in [3.8, 4) is 5.75 Å². The van der Waals surface area contributed by atoms with Crippen LogP contribution in [0.3, 0.4) is 0 Å². The van der Waals surface area contributed by atoms with Gasteiger partial charge in [-0.15, -0.1) is 0 Å². The minimum Gasteiger partial charge on any atom is -0.488 e. The van der Waals surface area contributed by atoms with Crippen LogP contribution in [0.1, 0.15) is 60.9 Å². The van der Waals surface area contributed by atoms with E-state index in [1.54, 1.807) is 24.2 Å². The number of anilines is 3. The lowest BCUT2D eigenvalue weighted by Gasteiger charge is -2.28. The van der Waals surface area contributed by atoms with Crippen LogP contribution in [0.5, 0.6) is 5.75 Å². The number of nitrogens with one attached hydrogen (secondary N) is 2. The van der Waals surface area contributed by atoms with Crippen molar-refractivity contribution in [3.05, 3.63) is 88.9 Å². The van der Waals surface area contributed by atoms with Crippen molar-refractivity contribution in [2.24, 2.45) is 0 Å². The molecule has 4 aromatic rings. The molecule has 4 heterocycles.